The largest absolute Gasteiger partial charge is 0.545 e. The van der Waals surface area contributed by atoms with Crippen molar-refractivity contribution in [2.75, 3.05) is 0 Å². The average Bonchev–Trinajstić information content (AvgIpc) is 2.34. The number of carboxylic acid groups (broad SMARTS) is 1. The Morgan fingerprint density at radius 2 is 1.56 bits per heavy atom. The summed E-state index contributed by atoms with van der Waals surface area (Å²) in [5, 5.41) is 10.6. The highest BCUT2D eigenvalue weighted by atomic mass is 16.5. The Morgan fingerprint density at radius 1 is 0.944 bits per heavy atom. The van der Waals surface area contributed by atoms with E-state index >= 15 is 0 Å². The molecular weight excluding hydrogens is 228 g/mol. The molecule has 0 aliphatic rings. The van der Waals surface area contributed by atoms with Gasteiger partial charge in [-0.15, -0.1) is 0 Å². The standard InChI is InChI=1S/C15H14O3/c1-10-3-6-14(9-11(10)2)18-13-7-4-12(5-8-13)15(16)17/h3-9H,1-2H3,(H,16,17)/p-1. The van der Waals surface area contributed by atoms with Crippen LogP contribution in [0.15, 0.2) is 42.5 Å². The average molecular weight is 241 g/mol. The summed E-state index contributed by atoms with van der Waals surface area (Å²) in [5.74, 6) is 0.148. The third kappa shape index (κ3) is 2.69. The first-order chi connectivity index (χ1) is 8.56. The third-order valence-corrected chi connectivity index (χ3v) is 2.80. The maximum atomic E-state index is 10.6. The van der Waals surface area contributed by atoms with Crippen molar-refractivity contribution in [2.45, 2.75) is 13.8 Å². The van der Waals surface area contributed by atoms with Crippen molar-refractivity contribution in [1.82, 2.24) is 0 Å². The molecule has 0 radical (unpaired) electrons. The molecule has 0 aliphatic heterocycles. The number of rotatable bonds is 3. The molecule has 2 aromatic rings. The van der Waals surface area contributed by atoms with Crippen LogP contribution in [-0.4, -0.2) is 5.97 Å². The molecule has 0 saturated heterocycles. The van der Waals surface area contributed by atoms with Crippen LogP contribution in [-0.2, 0) is 0 Å². The first-order valence-corrected chi connectivity index (χ1v) is 5.63. The van der Waals surface area contributed by atoms with Gasteiger partial charge in [0.15, 0.2) is 0 Å². The van der Waals surface area contributed by atoms with Crippen LogP contribution in [0.3, 0.4) is 0 Å². The lowest BCUT2D eigenvalue weighted by molar-refractivity contribution is -0.255. The lowest BCUT2D eigenvalue weighted by atomic mass is 10.1. The molecule has 0 N–H and O–H groups in total. The van der Waals surface area contributed by atoms with Gasteiger partial charge in [0.25, 0.3) is 0 Å². The van der Waals surface area contributed by atoms with Crippen molar-refractivity contribution >= 4 is 5.97 Å². The van der Waals surface area contributed by atoms with Gasteiger partial charge in [-0.1, -0.05) is 6.07 Å². The second kappa shape index (κ2) is 4.92. The monoisotopic (exact) mass is 241 g/mol. The molecule has 0 aliphatic carbocycles. The zero-order valence-electron chi connectivity index (χ0n) is 10.3. The highest BCUT2D eigenvalue weighted by Gasteiger charge is 2.00. The molecule has 0 aromatic heterocycles. The van der Waals surface area contributed by atoms with Crippen molar-refractivity contribution in [1.29, 1.82) is 0 Å². The second-order valence-corrected chi connectivity index (χ2v) is 4.16. The SMILES string of the molecule is Cc1ccc(Oc2ccc(C(=O)[O-])cc2)cc1C. The number of aryl methyl sites for hydroxylation is 2. The molecule has 0 atom stereocenters. The number of carbonyl (C=O) groups excluding carboxylic acids is 1. The topological polar surface area (TPSA) is 49.4 Å². The summed E-state index contributed by atoms with van der Waals surface area (Å²) in [6, 6.07) is 12.0. The summed E-state index contributed by atoms with van der Waals surface area (Å²) in [6.45, 7) is 4.05. The van der Waals surface area contributed by atoms with Gasteiger partial charge in [0.2, 0.25) is 0 Å². The molecule has 92 valence electrons. The van der Waals surface area contributed by atoms with E-state index < -0.39 is 5.97 Å². The number of carboxylic acids is 1. The fourth-order valence-electron chi connectivity index (χ4n) is 1.57. The van der Waals surface area contributed by atoms with E-state index in [2.05, 4.69) is 0 Å². The smallest absolute Gasteiger partial charge is 0.127 e. The van der Waals surface area contributed by atoms with Crippen LogP contribution >= 0.6 is 0 Å². The summed E-state index contributed by atoms with van der Waals surface area (Å²) in [6.07, 6.45) is 0. The first kappa shape index (κ1) is 12.2. The van der Waals surface area contributed by atoms with Gasteiger partial charge in [-0.05, 0) is 66.9 Å². The zero-order chi connectivity index (χ0) is 13.1. The molecular formula is C15H13O3-. The van der Waals surface area contributed by atoms with E-state index in [0.29, 0.717) is 5.75 Å². The van der Waals surface area contributed by atoms with Crippen molar-refractivity contribution < 1.29 is 14.6 Å². The second-order valence-electron chi connectivity index (χ2n) is 4.16. The molecule has 0 heterocycles. The quantitative estimate of drug-likeness (QED) is 0.829. The number of ether oxygens (including phenoxy) is 1. The predicted molar refractivity (Wildman–Crippen MR) is 66.8 cm³/mol. The Labute approximate surface area is 106 Å². The van der Waals surface area contributed by atoms with Crippen molar-refractivity contribution in [3.8, 4) is 11.5 Å². The Bertz CT molecular complexity index is 571. The Kier molecular flexibility index (Phi) is 3.33. The van der Waals surface area contributed by atoms with Crippen LogP contribution in [0.2, 0.25) is 0 Å². The fraction of sp³-hybridized carbons (Fsp3) is 0.133. The molecule has 3 nitrogen and oxygen atoms in total. The molecule has 0 bridgehead atoms. The van der Waals surface area contributed by atoms with Gasteiger partial charge in [0.05, 0.1) is 5.97 Å². The molecule has 0 amide bonds. The van der Waals surface area contributed by atoms with Crippen LogP contribution in [0.5, 0.6) is 11.5 Å². The minimum Gasteiger partial charge on any atom is -0.545 e. The Balaban J connectivity index is 2.18. The van der Waals surface area contributed by atoms with Gasteiger partial charge in [-0.2, -0.15) is 0 Å². The molecule has 2 aromatic carbocycles. The third-order valence-electron chi connectivity index (χ3n) is 2.80. The highest BCUT2D eigenvalue weighted by Crippen LogP contribution is 2.23. The first-order valence-electron chi connectivity index (χ1n) is 5.63. The summed E-state index contributed by atoms with van der Waals surface area (Å²) in [7, 11) is 0. The van der Waals surface area contributed by atoms with Crippen molar-refractivity contribution in [3.05, 3.63) is 59.2 Å². The minimum atomic E-state index is -1.19. The number of aromatic carboxylic acids is 1. The number of hydrogen-bond acceptors (Lipinski definition) is 3. The van der Waals surface area contributed by atoms with E-state index in [4.69, 9.17) is 4.74 Å². The molecule has 0 unspecified atom stereocenters. The maximum Gasteiger partial charge on any atom is 0.127 e. The van der Waals surface area contributed by atoms with E-state index in [1.54, 1.807) is 12.1 Å². The van der Waals surface area contributed by atoms with Gasteiger partial charge in [-0.25, -0.2) is 0 Å². The number of carbonyl (C=O) groups is 1. The van der Waals surface area contributed by atoms with E-state index in [-0.39, 0.29) is 5.56 Å². The fourth-order valence-corrected chi connectivity index (χ4v) is 1.57. The summed E-state index contributed by atoms with van der Waals surface area (Å²) in [5.41, 5.74) is 2.50. The van der Waals surface area contributed by atoms with E-state index in [1.165, 1.54) is 17.7 Å². The zero-order valence-corrected chi connectivity index (χ0v) is 10.3. The lowest BCUT2D eigenvalue weighted by Crippen LogP contribution is -2.21. The molecule has 2 rings (SSSR count). The normalized spacial score (nSPS) is 10.1. The van der Waals surface area contributed by atoms with Crippen molar-refractivity contribution in [2.24, 2.45) is 0 Å². The van der Waals surface area contributed by atoms with Crippen molar-refractivity contribution in [3.63, 3.8) is 0 Å². The van der Waals surface area contributed by atoms with E-state index in [1.807, 2.05) is 32.0 Å². The molecule has 0 fully saturated rings. The van der Waals surface area contributed by atoms with Crippen LogP contribution in [0.25, 0.3) is 0 Å². The summed E-state index contributed by atoms with van der Waals surface area (Å²) in [4.78, 5) is 10.6. The number of benzene rings is 2. The van der Waals surface area contributed by atoms with Crippen LogP contribution in [0.4, 0.5) is 0 Å². The van der Waals surface area contributed by atoms with Gasteiger partial charge >= 0.3 is 0 Å². The lowest BCUT2D eigenvalue weighted by Gasteiger charge is -2.09. The van der Waals surface area contributed by atoms with Gasteiger partial charge in [0, 0.05) is 0 Å². The van der Waals surface area contributed by atoms with Gasteiger partial charge in [-0.3, -0.25) is 0 Å². The Morgan fingerprint density at radius 3 is 2.11 bits per heavy atom. The van der Waals surface area contributed by atoms with E-state index in [9.17, 15) is 9.90 Å². The van der Waals surface area contributed by atoms with Gasteiger partial charge in [0.1, 0.15) is 11.5 Å². The van der Waals surface area contributed by atoms with Gasteiger partial charge < -0.3 is 14.6 Å². The molecule has 18 heavy (non-hydrogen) atoms. The van der Waals surface area contributed by atoms with Crippen LogP contribution < -0.4 is 9.84 Å². The highest BCUT2D eigenvalue weighted by molar-refractivity contribution is 5.85. The number of hydrogen-bond donors (Lipinski definition) is 0. The van der Waals surface area contributed by atoms with Crippen LogP contribution in [0, 0.1) is 13.8 Å². The summed E-state index contributed by atoms with van der Waals surface area (Å²) >= 11 is 0. The summed E-state index contributed by atoms with van der Waals surface area (Å²) < 4.78 is 5.64. The van der Waals surface area contributed by atoms with E-state index in [0.717, 1.165) is 11.3 Å². The Hall–Kier alpha value is -2.29. The molecule has 0 spiro atoms. The minimum absolute atomic E-state index is 0.141. The molecule has 3 heteroatoms. The van der Waals surface area contributed by atoms with Crippen LogP contribution in [0.1, 0.15) is 21.5 Å². The predicted octanol–water partition coefficient (Wildman–Crippen LogP) is 2.46. The molecule has 0 saturated carbocycles. The maximum absolute atomic E-state index is 10.6.